The fourth-order valence-corrected chi connectivity index (χ4v) is 1.17. The largest absolute Gasteiger partial charge is 0.361 e. The third-order valence-electron chi connectivity index (χ3n) is 1.17. The van der Waals surface area contributed by atoms with Crippen LogP contribution in [0.4, 0.5) is 5.69 Å². The molecule has 1 aromatic heterocycles. The molecule has 0 aromatic carbocycles. The van der Waals surface area contributed by atoms with Gasteiger partial charge in [-0.3, -0.25) is 4.79 Å². The van der Waals surface area contributed by atoms with E-state index in [4.69, 9.17) is 0 Å². The number of allylic oxidation sites excluding steroid dienone is 1. The number of anilines is 1. The Hall–Kier alpha value is -1.09. The molecule has 0 saturated carbocycles. The molecule has 0 saturated heterocycles. The van der Waals surface area contributed by atoms with E-state index in [0.717, 1.165) is 12.0 Å². The first kappa shape index (κ1) is 8.01. The van der Waals surface area contributed by atoms with Gasteiger partial charge >= 0.3 is 0 Å². The monoisotopic (exact) mass is 167 g/mol. The maximum Gasteiger partial charge on any atom is 0.147 e. The second-order valence-corrected chi connectivity index (χ2v) is 2.94. The minimum atomic E-state index is 0.691. The van der Waals surface area contributed by atoms with Crippen molar-refractivity contribution in [1.82, 2.24) is 0 Å². The number of hydrogen-bond acceptors (Lipinski definition) is 3. The molecule has 3 heteroatoms. The molecule has 11 heavy (non-hydrogen) atoms. The van der Waals surface area contributed by atoms with Crippen LogP contribution in [0.2, 0.25) is 0 Å². The average molecular weight is 167 g/mol. The molecular formula is C8H9NOS. The summed E-state index contributed by atoms with van der Waals surface area (Å²) in [4.78, 5) is 10.2. The van der Waals surface area contributed by atoms with Crippen molar-refractivity contribution in [1.29, 1.82) is 0 Å². The highest BCUT2D eigenvalue weighted by Gasteiger charge is 1.87. The van der Waals surface area contributed by atoms with Gasteiger partial charge in [-0.1, -0.05) is 0 Å². The molecule has 0 atom stereocenters. The van der Waals surface area contributed by atoms with Crippen molar-refractivity contribution in [2.45, 2.75) is 6.92 Å². The summed E-state index contributed by atoms with van der Waals surface area (Å²) in [7, 11) is 0. The molecule has 0 aliphatic heterocycles. The summed E-state index contributed by atoms with van der Waals surface area (Å²) >= 11 is 1.62. The zero-order valence-corrected chi connectivity index (χ0v) is 7.02. The Labute approximate surface area is 69.6 Å². The number of thiophene rings is 1. The van der Waals surface area contributed by atoms with Crippen LogP contribution in [-0.4, -0.2) is 6.29 Å². The van der Waals surface area contributed by atoms with Crippen molar-refractivity contribution < 1.29 is 4.79 Å². The van der Waals surface area contributed by atoms with E-state index >= 15 is 0 Å². The maximum atomic E-state index is 10.2. The van der Waals surface area contributed by atoms with Crippen LogP contribution in [0.5, 0.6) is 0 Å². The summed E-state index contributed by atoms with van der Waals surface area (Å²) in [6, 6.07) is 1.96. The Morgan fingerprint density at radius 2 is 2.55 bits per heavy atom. The van der Waals surface area contributed by atoms with Crippen LogP contribution in [0.25, 0.3) is 0 Å². The highest BCUT2D eigenvalue weighted by atomic mass is 32.1. The number of nitrogens with one attached hydrogen (secondary N) is 1. The Morgan fingerprint density at radius 1 is 1.73 bits per heavy atom. The predicted molar refractivity (Wildman–Crippen MR) is 47.8 cm³/mol. The maximum absolute atomic E-state index is 10.2. The first-order valence-corrected chi connectivity index (χ1v) is 4.18. The standard InChI is InChI=1S/C8H9NOS/c1-7(5-10)4-9-8-2-3-11-6-8/h2-6,9H,1H3/b7-4+. The van der Waals surface area contributed by atoms with E-state index in [-0.39, 0.29) is 0 Å². The van der Waals surface area contributed by atoms with Gasteiger partial charge in [-0.2, -0.15) is 11.3 Å². The lowest BCUT2D eigenvalue weighted by molar-refractivity contribution is -0.104. The number of carbonyl (C=O) groups is 1. The smallest absolute Gasteiger partial charge is 0.147 e. The molecule has 1 N–H and O–H groups in total. The summed E-state index contributed by atoms with van der Waals surface area (Å²) in [5, 5.41) is 6.95. The Bertz CT molecular complexity index is 251. The molecule has 1 heterocycles. The zero-order valence-electron chi connectivity index (χ0n) is 6.20. The number of rotatable bonds is 3. The van der Waals surface area contributed by atoms with Gasteiger partial charge in [0.25, 0.3) is 0 Å². The molecule has 0 bridgehead atoms. The van der Waals surface area contributed by atoms with Gasteiger partial charge in [0.15, 0.2) is 0 Å². The van der Waals surface area contributed by atoms with Gasteiger partial charge in [0, 0.05) is 22.8 Å². The van der Waals surface area contributed by atoms with Crippen molar-refractivity contribution in [3.8, 4) is 0 Å². The molecule has 0 aliphatic carbocycles. The van der Waals surface area contributed by atoms with Crippen LogP contribution in [-0.2, 0) is 4.79 Å². The van der Waals surface area contributed by atoms with Gasteiger partial charge in [0.05, 0.1) is 0 Å². The predicted octanol–water partition coefficient (Wildman–Crippen LogP) is 2.26. The van der Waals surface area contributed by atoms with E-state index in [0.29, 0.717) is 5.57 Å². The van der Waals surface area contributed by atoms with E-state index in [1.807, 2.05) is 16.8 Å². The average Bonchev–Trinajstić information content (AvgIpc) is 2.52. The van der Waals surface area contributed by atoms with Crippen molar-refractivity contribution in [3.63, 3.8) is 0 Å². The van der Waals surface area contributed by atoms with Gasteiger partial charge in [-0.15, -0.1) is 0 Å². The lowest BCUT2D eigenvalue weighted by Gasteiger charge is -1.94. The molecule has 1 rings (SSSR count). The van der Waals surface area contributed by atoms with Gasteiger partial charge < -0.3 is 5.32 Å². The van der Waals surface area contributed by atoms with E-state index < -0.39 is 0 Å². The van der Waals surface area contributed by atoms with E-state index in [1.54, 1.807) is 24.5 Å². The Morgan fingerprint density at radius 3 is 3.09 bits per heavy atom. The first-order chi connectivity index (χ1) is 5.33. The summed E-state index contributed by atoms with van der Waals surface area (Å²) in [6.07, 6.45) is 2.51. The third-order valence-corrected chi connectivity index (χ3v) is 1.86. The lowest BCUT2D eigenvalue weighted by Crippen LogP contribution is -1.87. The quantitative estimate of drug-likeness (QED) is 0.552. The lowest BCUT2D eigenvalue weighted by atomic mass is 10.4. The first-order valence-electron chi connectivity index (χ1n) is 3.23. The Balaban J connectivity index is 2.51. The second-order valence-electron chi connectivity index (χ2n) is 2.16. The highest BCUT2D eigenvalue weighted by Crippen LogP contribution is 2.11. The van der Waals surface area contributed by atoms with Gasteiger partial charge in [0.1, 0.15) is 6.29 Å². The topological polar surface area (TPSA) is 29.1 Å². The number of aldehydes is 1. The number of hydrogen-bond donors (Lipinski definition) is 1. The van der Waals surface area contributed by atoms with Crippen LogP contribution in [0.1, 0.15) is 6.92 Å². The molecular weight excluding hydrogens is 158 g/mol. The summed E-state index contributed by atoms with van der Waals surface area (Å²) in [5.74, 6) is 0. The molecule has 58 valence electrons. The van der Waals surface area contributed by atoms with Crippen LogP contribution in [0.3, 0.4) is 0 Å². The minimum absolute atomic E-state index is 0.691. The summed E-state index contributed by atoms with van der Waals surface area (Å²) in [6.45, 7) is 1.76. The number of carbonyl (C=O) groups excluding carboxylic acids is 1. The highest BCUT2D eigenvalue weighted by molar-refractivity contribution is 7.08. The molecule has 0 radical (unpaired) electrons. The minimum Gasteiger partial charge on any atom is -0.361 e. The van der Waals surface area contributed by atoms with Crippen molar-refractivity contribution >= 4 is 23.3 Å². The molecule has 0 fully saturated rings. The Kier molecular flexibility index (Phi) is 2.86. The fourth-order valence-electron chi connectivity index (χ4n) is 0.578. The van der Waals surface area contributed by atoms with Gasteiger partial charge in [-0.05, 0) is 18.4 Å². The fraction of sp³-hybridized carbons (Fsp3) is 0.125. The zero-order chi connectivity index (χ0) is 8.10. The SMILES string of the molecule is C/C(C=O)=C\Nc1ccsc1. The third kappa shape index (κ3) is 2.55. The van der Waals surface area contributed by atoms with Gasteiger partial charge in [0.2, 0.25) is 0 Å². The van der Waals surface area contributed by atoms with Crippen molar-refractivity contribution in [2.24, 2.45) is 0 Å². The summed E-state index contributed by atoms with van der Waals surface area (Å²) in [5.41, 5.74) is 1.72. The van der Waals surface area contributed by atoms with Crippen LogP contribution in [0, 0.1) is 0 Å². The molecule has 0 spiro atoms. The van der Waals surface area contributed by atoms with E-state index in [1.165, 1.54) is 0 Å². The normalized spacial score (nSPS) is 11.2. The van der Waals surface area contributed by atoms with E-state index in [2.05, 4.69) is 5.32 Å². The summed E-state index contributed by atoms with van der Waals surface area (Å²) < 4.78 is 0. The van der Waals surface area contributed by atoms with E-state index in [9.17, 15) is 4.79 Å². The van der Waals surface area contributed by atoms with Crippen LogP contribution < -0.4 is 5.32 Å². The van der Waals surface area contributed by atoms with Crippen molar-refractivity contribution in [2.75, 3.05) is 5.32 Å². The molecule has 1 aromatic rings. The molecule has 0 aliphatic rings. The van der Waals surface area contributed by atoms with Crippen molar-refractivity contribution in [3.05, 3.63) is 28.6 Å². The van der Waals surface area contributed by atoms with Crippen LogP contribution >= 0.6 is 11.3 Å². The molecule has 2 nitrogen and oxygen atoms in total. The molecule has 0 amide bonds. The second kappa shape index (κ2) is 3.93. The van der Waals surface area contributed by atoms with Crippen LogP contribution in [0.15, 0.2) is 28.6 Å². The van der Waals surface area contributed by atoms with Gasteiger partial charge in [-0.25, -0.2) is 0 Å². The molecule has 0 unspecified atom stereocenters.